The third-order valence-corrected chi connectivity index (χ3v) is 6.12. The predicted octanol–water partition coefficient (Wildman–Crippen LogP) is 5.80. The molecule has 0 radical (unpaired) electrons. The molecule has 0 unspecified atom stereocenters. The maximum Gasteiger partial charge on any atom is 0.329 e. The Labute approximate surface area is 185 Å². The van der Waals surface area contributed by atoms with Gasteiger partial charge in [-0.1, -0.05) is 66.7 Å². The standard InChI is InChI=1S/C23H22Cl2N2O3/c24-18-9-5-4-6-16(18)14-30-21-11-10-15(12-19(21)25)13-20-22(28)27(23(29)26-20)17-7-2-1-3-8-17/h4-6,9-13,17H,1-3,7-8,14H2,(H,26,29)/b20-13-. The van der Waals surface area contributed by atoms with Crippen molar-refractivity contribution in [3.05, 3.63) is 69.3 Å². The van der Waals surface area contributed by atoms with Crippen LogP contribution in [0.15, 0.2) is 48.2 Å². The van der Waals surface area contributed by atoms with Gasteiger partial charge in [0.15, 0.2) is 0 Å². The molecule has 1 saturated heterocycles. The summed E-state index contributed by atoms with van der Waals surface area (Å²) < 4.78 is 5.78. The molecular weight excluding hydrogens is 423 g/mol. The van der Waals surface area contributed by atoms with Gasteiger partial charge in [0.2, 0.25) is 0 Å². The molecular formula is C23H22Cl2N2O3. The summed E-state index contributed by atoms with van der Waals surface area (Å²) in [5, 5.41) is 3.74. The minimum atomic E-state index is -0.344. The van der Waals surface area contributed by atoms with Gasteiger partial charge in [0.05, 0.1) is 5.02 Å². The van der Waals surface area contributed by atoms with E-state index in [4.69, 9.17) is 27.9 Å². The average molecular weight is 445 g/mol. The van der Waals surface area contributed by atoms with Gasteiger partial charge in [-0.25, -0.2) is 4.79 Å². The van der Waals surface area contributed by atoms with Crippen molar-refractivity contribution in [3.8, 4) is 5.75 Å². The van der Waals surface area contributed by atoms with Gasteiger partial charge in [0.25, 0.3) is 5.91 Å². The molecule has 1 heterocycles. The van der Waals surface area contributed by atoms with Crippen LogP contribution in [0.1, 0.15) is 43.2 Å². The van der Waals surface area contributed by atoms with E-state index >= 15 is 0 Å². The van der Waals surface area contributed by atoms with Crippen molar-refractivity contribution in [3.63, 3.8) is 0 Å². The molecule has 2 aromatic rings. The first-order chi connectivity index (χ1) is 14.5. The topological polar surface area (TPSA) is 58.6 Å². The van der Waals surface area contributed by atoms with Crippen LogP contribution in [0.2, 0.25) is 10.0 Å². The first-order valence-corrected chi connectivity index (χ1v) is 10.8. The van der Waals surface area contributed by atoms with Crippen LogP contribution < -0.4 is 10.1 Å². The Bertz CT molecular complexity index is 1000. The Kier molecular flexibility index (Phi) is 6.30. The zero-order chi connectivity index (χ0) is 21.1. The molecule has 0 spiro atoms. The summed E-state index contributed by atoms with van der Waals surface area (Å²) >= 11 is 12.5. The van der Waals surface area contributed by atoms with Crippen molar-refractivity contribution in [1.29, 1.82) is 0 Å². The molecule has 7 heteroatoms. The lowest BCUT2D eigenvalue weighted by atomic mass is 9.94. The number of benzene rings is 2. The highest BCUT2D eigenvalue weighted by atomic mass is 35.5. The van der Waals surface area contributed by atoms with E-state index in [9.17, 15) is 9.59 Å². The molecule has 2 aliphatic rings. The number of amides is 3. The van der Waals surface area contributed by atoms with Crippen LogP contribution in [0, 0.1) is 0 Å². The van der Waals surface area contributed by atoms with Gasteiger partial charge >= 0.3 is 6.03 Å². The van der Waals surface area contributed by atoms with Gasteiger partial charge in [-0.05, 0) is 42.7 Å². The van der Waals surface area contributed by atoms with E-state index in [-0.39, 0.29) is 23.7 Å². The van der Waals surface area contributed by atoms with Crippen molar-refractivity contribution in [2.75, 3.05) is 0 Å². The number of imide groups is 1. The smallest absolute Gasteiger partial charge is 0.329 e. The second-order valence-corrected chi connectivity index (χ2v) is 8.34. The van der Waals surface area contributed by atoms with Crippen molar-refractivity contribution in [2.24, 2.45) is 0 Å². The lowest BCUT2D eigenvalue weighted by Crippen LogP contribution is -2.41. The molecule has 0 aromatic heterocycles. The van der Waals surface area contributed by atoms with Gasteiger partial charge < -0.3 is 10.1 Å². The minimum Gasteiger partial charge on any atom is -0.487 e. The normalized spacial score (nSPS) is 18.7. The molecule has 1 aliphatic heterocycles. The Hall–Kier alpha value is -2.50. The number of hydrogen-bond acceptors (Lipinski definition) is 3. The first-order valence-electron chi connectivity index (χ1n) is 10.0. The highest BCUT2D eigenvalue weighted by Gasteiger charge is 2.38. The monoisotopic (exact) mass is 444 g/mol. The van der Waals surface area contributed by atoms with E-state index in [1.807, 2.05) is 18.2 Å². The Balaban J connectivity index is 1.46. The van der Waals surface area contributed by atoms with Crippen molar-refractivity contribution < 1.29 is 14.3 Å². The van der Waals surface area contributed by atoms with Crippen molar-refractivity contribution >= 4 is 41.2 Å². The fourth-order valence-electron chi connectivity index (χ4n) is 3.88. The molecule has 2 fully saturated rings. The van der Waals surface area contributed by atoms with Crippen molar-refractivity contribution in [1.82, 2.24) is 10.2 Å². The largest absolute Gasteiger partial charge is 0.487 e. The fourth-order valence-corrected chi connectivity index (χ4v) is 4.31. The molecule has 156 valence electrons. The van der Waals surface area contributed by atoms with Crippen LogP contribution in [0.3, 0.4) is 0 Å². The quantitative estimate of drug-likeness (QED) is 0.468. The van der Waals surface area contributed by atoms with Gasteiger partial charge in [-0.3, -0.25) is 9.69 Å². The molecule has 1 N–H and O–H groups in total. The van der Waals surface area contributed by atoms with Crippen LogP contribution in [0.5, 0.6) is 5.75 Å². The van der Waals surface area contributed by atoms with Gasteiger partial charge in [-0.15, -0.1) is 0 Å². The van der Waals surface area contributed by atoms with E-state index in [0.717, 1.165) is 37.7 Å². The molecule has 4 rings (SSSR count). The summed E-state index contributed by atoms with van der Waals surface area (Å²) in [6, 6.07) is 12.3. The lowest BCUT2D eigenvalue weighted by Gasteiger charge is -2.28. The highest BCUT2D eigenvalue weighted by molar-refractivity contribution is 6.32. The molecule has 0 atom stereocenters. The molecule has 2 aromatic carbocycles. The van der Waals surface area contributed by atoms with Gasteiger partial charge in [0.1, 0.15) is 18.1 Å². The molecule has 0 bridgehead atoms. The number of carbonyl (C=O) groups is 2. The number of urea groups is 1. The van der Waals surface area contributed by atoms with Crippen LogP contribution in [0.4, 0.5) is 4.79 Å². The summed E-state index contributed by atoms with van der Waals surface area (Å²) in [5.41, 5.74) is 1.84. The number of ether oxygens (including phenoxy) is 1. The molecule has 3 amide bonds. The SMILES string of the molecule is O=C1N/C(=C\c2ccc(OCc3ccccc3Cl)c(Cl)c2)C(=O)N1C1CCCCC1. The first kappa shape index (κ1) is 20.8. The number of nitrogens with one attached hydrogen (secondary N) is 1. The van der Waals surface area contributed by atoms with Gasteiger partial charge in [-0.2, -0.15) is 0 Å². The minimum absolute atomic E-state index is 0.0127. The number of rotatable bonds is 5. The average Bonchev–Trinajstić information content (AvgIpc) is 3.02. The number of carbonyl (C=O) groups excluding carboxylic acids is 2. The molecule has 30 heavy (non-hydrogen) atoms. The van der Waals surface area contributed by atoms with E-state index in [1.165, 1.54) is 4.90 Å². The molecule has 5 nitrogen and oxygen atoms in total. The lowest BCUT2D eigenvalue weighted by molar-refractivity contribution is -0.124. The number of nitrogens with zero attached hydrogens (tertiary/aromatic N) is 1. The van der Waals surface area contributed by atoms with Gasteiger partial charge in [0, 0.05) is 16.6 Å². The second kappa shape index (κ2) is 9.11. The van der Waals surface area contributed by atoms with Crippen LogP contribution in [0.25, 0.3) is 6.08 Å². The second-order valence-electron chi connectivity index (χ2n) is 7.53. The van der Waals surface area contributed by atoms with E-state index in [0.29, 0.717) is 28.0 Å². The van der Waals surface area contributed by atoms with Crippen LogP contribution >= 0.6 is 23.2 Å². The highest BCUT2D eigenvalue weighted by Crippen LogP contribution is 2.30. The van der Waals surface area contributed by atoms with E-state index in [2.05, 4.69) is 5.32 Å². The predicted molar refractivity (Wildman–Crippen MR) is 117 cm³/mol. The Morgan fingerprint density at radius 2 is 1.80 bits per heavy atom. The summed E-state index contributed by atoms with van der Waals surface area (Å²) in [7, 11) is 0. The third-order valence-electron chi connectivity index (χ3n) is 5.46. The number of hydrogen-bond donors (Lipinski definition) is 1. The van der Waals surface area contributed by atoms with E-state index in [1.54, 1.807) is 30.3 Å². The third kappa shape index (κ3) is 4.47. The Morgan fingerprint density at radius 1 is 1.03 bits per heavy atom. The van der Waals surface area contributed by atoms with Crippen molar-refractivity contribution in [2.45, 2.75) is 44.8 Å². The summed E-state index contributed by atoms with van der Waals surface area (Å²) in [5.74, 6) is 0.242. The maximum absolute atomic E-state index is 12.8. The fraction of sp³-hybridized carbons (Fsp3) is 0.304. The van der Waals surface area contributed by atoms with E-state index < -0.39 is 0 Å². The zero-order valence-electron chi connectivity index (χ0n) is 16.4. The Morgan fingerprint density at radius 3 is 2.53 bits per heavy atom. The summed E-state index contributed by atoms with van der Waals surface area (Å²) in [6.45, 7) is 0.296. The molecule has 1 aliphatic carbocycles. The maximum atomic E-state index is 12.8. The van der Waals surface area contributed by atoms with Crippen LogP contribution in [-0.4, -0.2) is 22.9 Å². The summed E-state index contributed by atoms with van der Waals surface area (Å²) in [4.78, 5) is 26.5. The zero-order valence-corrected chi connectivity index (χ0v) is 17.9. The van der Waals surface area contributed by atoms with Crippen LogP contribution in [-0.2, 0) is 11.4 Å². The molecule has 1 saturated carbocycles. The summed E-state index contributed by atoms with van der Waals surface area (Å²) in [6.07, 6.45) is 6.64. The number of halogens is 2.